The number of hydrogen-bond donors (Lipinski definition) is 0. The van der Waals surface area contributed by atoms with Crippen LogP contribution in [0.1, 0.15) is 16.7 Å². The lowest BCUT2D eigenvalue weighted by atomic mass is 10.1. The molecule has 0 spiro atoms. The first-order valence-corrected chi connectivity index (χ1v) is 8.16. The Bertz CT molecular complexity index is 905. The molecule has 0 saturated carbocycles. The van der Waals surface area contributed by atoms with Gasteiger partial charge in [0.05, 0.1) is 23.7 Å². The van der Waals surface area contributed by atoms with Crippen LogP contribution in [0.5, 0.6) is 0 Å². The summed E-state index contributed by atoms with van der Waals surface area (Å²) in [6.45, 7) is 0.400. The summed E-state index contributed by atoms with van der Waals surface area (Å²) in [5, 5.41) is 8.85. The molecule has 140 valence electrons. The van der Waals surface area contributed by atoms with Crippen LogP contribution in [0.15, 0.2) is 42.5 Å². The van der Waals surface area contributed by atoms with E-state index in [-0.39, 0.29) is 43.3 Å². The van der Waals surface area contributed by atoms with Crippen LogP contribution in [-0.4, -0.2) is 30.4 Å². The Kier molecular flexibility index (Phi) is 5.04. The molecule has 0 unspecified atom stereocenters. The average Bonchev–Trinajstić information content (AvgIpc) is 2.62. The van der Waals surface area contributed by atoms with Crippen molar-refractivity contribution < 1.29 is 22.4 Å². The third kappa shape index (κ3) is 4.19. The van der Waals surface area contributed by atoms with Gasteiger partial charge in [0.15, 0.2) is 0 Å². The van der Waals surface area contributed by atoms with Crippen molar-refractivity contribution in [2.24, 2.45) is 0 Å². The third-order valence-corrected chi connectivity index (χ3v) is 4.35. The Hall–Kier alpha value is -3.08. The van der Waals surface area contributed by atoms with E-state index in [2.05, 4.69) is 0 Å². The zero-order chi connectivity index (χ0) is 19.6. The Labute approximate surface area is 153 Å². The molecule has 1 fully saturated rings. The van der Waals surface area contributed by atoms with Gasteiger partial charge < -0.3 is 9.80 Å². The molecule has 0 N–H and O–H groups in total. The maximum Gasteiger partial charge on any atom is 0.418 e. The van der Waals surface area contributed by atoms with Crippen LogP contribution in [0.3, 0.4) is 0 Å². The molecule has 2 aromatic carbocycles. The molecule has 0 aromatic heterocycles. The number of anilines is 1. The zero-order valence-electron chi connectivity index (χ0n) is 14.1. The van der Waals surface area contributed by atoms with Gasteiger partial charge in [-0.25, -0.2) is 4.39 Å². The van der Waals surface area contributed by atoms with E-state index in [1.807, 2.05) is 0 Å². The second-order valence-corrected chi connectivity index (χ2v) is 6.21. The van der Waals surface area contributed by atoms with Crippen molar-refractivity contribution in [3.63, 3.8) is 0 Å². The molecule has 0 aliphatic carbocycles. The highest BCUT2D eigenvalue weighted by atomic mass is 19.4. The van der Waals surface area contributed by atoms with E-state index in [0.717, 1.165) is 6.07 Å². The van der Waals surface area contributed by atoms with Crippen molar-refractivity contribution in [2.45, 2.75) is 12.7 Å². The molecule has 27 heavy (non-hydrogen) atoms. The minimum Gasteiger partial charge on any atom is -0.360 e. The number of benzene rings is 2. The van der Waals surface area contributed by atoms with Gasteiger partial charge in [-0.3, -0.25) is 4.79 Å². The molecule has 2 aromatic rings. The number of rotatable bonds is 3. The number of nitrogens with zero attached hydrogens (tertiary/aromatic N) is 3. The Balaban J connectivity index is 1.78. The average molecular weight is 377 g/mol. The SMILES string of the molecule is N#Cc1ccc(N2CCN(Cc3cccc(F)c3)C(=O)C2)c(C(F)(F)F)c1. The standard InChI is InChI=1S/C19H15F4N3O/c20-15-3-1-2-14(8-15)11-26-7-6-25(12-18(26)27)17-5-4-13(10-24)9-16(17)19(21,22)23/h1-5,8-9H,6-7,11-12H2. The van der Waals surface area contributed by atoms with Crippen LogP contribution in [0, 0.1) is 17.1 Å². The van der Waals surface area contributed by atoms with E-state index in [4.69, 9.17) is 5.26 Å². The van der Waals surface area contributed by atoms with Crippen LogP contribution in [0.25, 0.3) is 0 Å². The Morgan fingerprint density at radius 2 is 1.89 bits per heavy atom. The summed E-state index contributed by atoms with van der Waals surface area (Å²) < 4.78 is 53.3. The van der Waals surface area contributed by atoms with Crippen LogP contribution in [0.2, 0.25) is 0 Å². The molecule has 1 saturated heterocycles. The summed E-state index contributed by atoms with van der Waals surface area (Å²) >= 11 is 0. The van der Waals surface area contributed by atoms with E-state index in [9.17, 15) is 22.4 Å². The molecule has 0 atom stereocenters. The molecular weight excluding hydrogens is 362 g/mol. The quantitative estimate of drug-likeness (QED) is 0.769. The largest absolute Gasteiger partial charge is 0.418 e. The van der Waals surface area contributed by atoms with Crippen LogP contribution < -0.4 is 4.90 Å². The number of alkyl halides is 3. The van der Waals surface area contributed by atoms with Crippen LogP contribution in [0.4, 0.5) is 23.2 Å². The fraction of sp³-hybridized carbons (Fsp3) is 0.263. The maximum atomic E-state index is 13.4. The number of hydrogen-bond acceptors (Lipinski definition) is 3. The molecule has 4 nitrogen and oxygen atoms in total. The topological polar surface area (TPSA) is 47.3 Å². The molecule has 0 bridgehead atoms. The number of nitriles is 1. The highest BCUT2D eigenvalue weighted by Gasteiger charge is 2.36. The van der Waals surface area contributed by atoms with Gasteiger partial charge >= 0.3 is 6.18 Å². The highest BCUT2D eigenvalue weighted by molar-refractivity contribution is 5.83. The number of amides is 1. The summed E-state index contributed by atoms with van der Waals surface area (Å²) in [7, 11) is 0. The number of carbonyl (C=O) groups is 1. The van der Waals surface area contributed by atoms with Crippen molar-refractivity contribution in [1.29, 1.82) is 5.26 Å². The maximum absolute atomic E-state index is 13.4. The number of halogens is 4. The summed E-state index contributed by atoms with van der Waals surface area (Å²) in [5.74, 6) is -0.756. The molecule has 8 heteroatoms. The molecule has 1 aliphatic rings. The van der Waals surface area contributed by atoms with Crippen LogP contribution >= 0.6 is 0 Å². The normalized spacial score (nSPS) is 15.0. The summed E-state index contributed by atoms with van der Waals surface area (Å²) in [5.41, 5.74) is -0.540. The lowest BCUT2D eigenvalue weighted by molar-refractivity contribution is -0.138. The van der Waals surface area contributed by atoms with E-state index in [1.54, 1.807) is 12.1 Å². The minimum atomic E-state index is -4.63. The van der Waals surface area contributed by atoms with Crippen molar-refractivity contribution in [2.75, 3.05) is 24.5 Å². The second kappa shape index (κ2) is 7.27. The van der Waals surface area contributed by atoms with E-state index >= 15 is 0 Å². The summed E-state index contributed by atoms with van der Waals surface area (Å²) in [6, 6.07) is 10.8. The second-order valence-electron chi connectivity index (χ2n) is 6.21. The lowest BCUT2D eigenvalue weighted by Crippen LogP contribution is -2.50. The molecule has 3 rings (SSSR count). The fourth-order valence-corrected chi connectivity index (χ4v) is 3.05. The van der Waals surface area contributed by atoms with E-state index in [0.29, 0.717) is 5.56 Å². The van der Waals surface area contributed by atoms with Gasteiger partial charge in [0.2, 0.25) is 5.91 Å². The third-order valence-electron chi connectivity index (χ3n) is 4.35. The van der Waals surface area contributed by atoms with Crippen molar-refractivity contribution >= 4 is 11.6 Å². The smallest absolute Gasteiger partial charge is 0.360 e. The van der Waals surface area contributed by atoms with E-state index < -0.39 is 17.6 Å². The van der Waals surface area contributed by atoms with Gasteiger partial charge in [0.1, 0.15) is 5.82 Å². The van der Waals surface area contributed by atoms with E-state index in [1.165, 1.54) is 40.1 Å². The van der Waals surface area contributed by atoms with Gasteiger partial charge in [0.25, 0.3) is 0 Å². The van der Waals surface area contributed by atoms with Crippen molar-refractivity contribution in [3.8, 4) is 6.07 Å². The predicted octanol–water partition coefficient (Wildman–Crippen LogP) is 3.56. The fourth-order valence-electron chi connectivity index (χ4n) is 3.05. The van der Waals surface area contributed by atoms with Gasteiger partial charge in [-0.2, -0.15) is 18.4 Å². The lowest BCUT2D eigenvalue weighted by Gasteiger charge is -2.36. The predicted molar refractivity (Wildman–Crippen MR) is 90.2 cm³/mol. The first-order chi connectivity index (χ1) is 12.8. The molecule has 1 aliphatic heterocycles. The molecular formula is C19H15F4N3O. The van der Waals surface area contributed by atoms with Gasteiger partial charge in [-0.15, -0.1) is 0 Å². The first-order valence-electron chi connectivity index (χ1n) is 8.16. The number of carbonyl (C=O) groups excluding carboxylic acids is 1. The molecule has 0 radical (unpaired) electrons. The van der Waals surface area contributed by atoms with Gasteiger partial charge in [-0.1, -0.05) is 12.1 Å². The summed E-state index contributed by atoms with van der Waals surface area (Å²) in [6.07, 6.45) is -4.63. The van der Waals surface area contributed by atoms with Gasteiger partial charge in [-0.05, 0) is 35.9 Å². The first kappa shape index (κ1) is 18.7. The monoisotopic (exact) mass is 377 g/mol. The minimum absolute atomic E-state index is 0.0952. The molecule has 1 amide bonds. The van der Waals surface area contributed by atoms with Gasteiger partial charge in [0, 0.05) is 25.3 Å². The highest BCUT2D eigenvalue weighted by Crippen LogP contribution is 2.37. The van der Waals surface area contributed by atoms with Crippen molar-refractivity contribution in [1.82, 2.24) is 4.90 Å². The van der Waals surface area contributed by atoms with Crippen LogP contribution in [-0.2, 0) is 17.5 Å². The Morgan fingerprint density at radius 3 is 2.52 bits per heavy atom. The Morgan fingerprint density at radius 1 is 1.11 bits per heavy atom. The number of piperazine rings is 1. The molecule has 1 heterocycles. The van der Waals surface area contributed by atoms with Crippen molar-refractivity contribution in [3.05, 3.63) is 65.0 Å². The zero-order valence-corrected chi connectivity index (χ0v) is 14.1. The summed E-state index contributed by atoms with van der Waals surface area (Å²) in [4.78, 5) is 15.3.